The molecule has 1 rings (SSSR count). The number of hydrogen-bond acceptors (Lipinski definition) is 3. The third-order valence-corrected chi connectivity index (χ3v) is 3.18. The van der Waals surface area contributed by atoms with Crippen molar-refractivity contribution in [2.24, 2.45) is 0 Å². The molecule has 0 saturated heterocycles. The summed E-state index contributed by atoms with van der Waals surface area (Å²) in [5.41, 5.74) is 0. The van der Waals surface area contributed by atoms with Crippen molar-refractivity contribution in [1.29, 1.82) is 0 Å². The molecule has 16 heavy (non-hydrogen) atoms. The van der Waals surface area contributed by atoms with Gasteiger partial charge in [0.2, 0.25) is 0 Å². The molecule has 0 fully saturated rings. The molecule has 1 heterocycles. The molecular weight excluding hydrogens is 263 g/mol. The molecule has 1 aromatic heterocycles. The van der Waals surface area contributed by atoms with Gasteiger partial charge in [0.25, 0.3) is 0 Å². The van der Waals surface area contributed by atoms with Crippen molar-refractivity contribution in [1.82, 2.24) is 5.32 Å². The first kappa shape index (κ1) is 13.8. The zero-order chi connectivity index (χ0) is 12.2. The van der Waals surface area contributed by atoms with Gasteiger partial charge >= 0.3 is 6.18 Å². The Morgan fingerprint density at radius 3 is 2.62 bits per heavy atom. The van der Waals surface area contributed by atoms with E-state index in [1.54, 1.807) is 19.2 Å². The fourth-order valence-electron chi connectivity index (χ4n) is 1.12. The standard InChI is InChI=1S/C9H11ClF3NOS/c1-14-6(4-15-5-9(11,12)13)7-2-3-8(10)16-7/h2-3,6,14H,4-5H2,1H3. The summed E-state index contributed by atoms with van der Waals surface area (Å²) in [4.78, 5) is 0.856. The zero-order valence-corrected chi connectivity index (χ0v) is 10.0. The van der Waals surface area contributed by atoms with E-state index < -0.39 is 12.8 Å². The van der Waals surface area contributed by atoms with E-state index in [4.69, 9.17) is 11.6 Å². The molecule has 1 atom stereocenters. The molecule has 0 saturated carbocycles. The fourth-order valence-corrected chi connectivity index (χ4v) is 2.27. The minimum atomic E-state index is -4.29. The van der Waals surface area contributed by atoms with Gasteiger partial charge in [0.15, 0.2) is 0 Å². The van der Waals surface area contributed by atoms with Crippen molar-refractivity contribution in [3.8, 4) is 0 Å². The third-order valence-electron chi connectivity index (χ3n) is 1.84. The highest BCUT2D eigenvalue weighted by atomic mass is 35.5. The molecule has 2 nitrogen and oxygen atoms in total. The number of thiophene rings is 1. The van der Waals surface area contributed by atoms with Crippen LogP contribution < -0.4 is 5.32 Å². The van der Waals surface area contributed by atoms with E-state index in [2.05, 4.69) is 10.1 Å². The highest BCUT2D eigenvalue weighted by Crippen LogP contribution is 2.27. The first-order valence-electron chi connectivity index (χ1n) is 4.49. The van der Waals surface area contributed by atoms with Gasteiger partial charge in [-0.1, -0.05) is 11.6 Å². The number of rotatable bonds is 5. The second kappa shape index (κ2) is 5.86. The molecule has 1 unspecified atom stereocenters. The van der Waals surface area contributed by atoms with Crippen LogP contribution in [0, 0.1) is 0 Å². The van der Waals surface area contributed by atoms with Gasteiger partial charge in [0.05, 0.1) is 17.0 Å². The van der Waals surface area contributed by atoms with Gasteiger partial charge in [0, 0.05) is 4.88 Å². The maximum atomic E-state index is 11.9. The Morgan fingerprint density at radius 1 is 1.50 bits per heavy atom. The van der Waals surface area contributed by atoms with Crippen LogP contribution in [0.15, 0.2) is 12.1 Å². The van der Waals surface area contributed by atoms with Crippen LogP contribution in [0.3, 0.4) is 0 Å². The Hall–Kier alpha value is -0.300. The fraction of sp³-hybridized carbons (Fsp3) is 0.556. The monoisotopic (exact) mass is 273 g/mol. The van der Waals surface area contributed by atoms with Gasteiger partial charge in [-0.3, -0.25) is 0 Å². The third kappa shape index (κ3) is 4.69. The molecule has 0 aliphatic heterocycles. The number of likely N-dealkylation sites (N-methyl/N-ethyl adjacent to an activating group) is 1. The Morgan fingerprint density at radius 2 is 2.19 bits per heavy atom. The van der Waals surface area contributed by atoms with E-state index >= 15 is 0 Å². The van der Waals surface area contributed by atoms with Crippen molar-refractivity contribution in [3.63, 3.8) is 0 Å². The number of halogens is 4. The Balaban J connectivity index is 2.44. The van der Waals surface area contributed by atoms with Gasteiger partial charge < -0.3 is 10.1 Å². The second-order valence-electron chi connectivity index (χ2n) is 3.11. The lowest BCUT2D eigenvalue weighted by Crippen LogP contribution is -2.25. The summed E-state index contributed by atoms with van der Waals surface area (Å²) in [7, 11) is 1.66. The predicted molar refractivity (Wildman–Crippen MR) is 58.0 cm³/mol. The highest BCUT2D eigenvalue weighted by molar-refractivity contribution is 7.16. The lowest BCUT2D eigenvalue weighted by atomic mass is 10.2. The average Bonchev–Trinajstić information content (AvgIpc) is 2.58. The molecule has 0 aromatic carbocycles. The Bertz CT molecular complexity index is 329. The van der Waals surface area contributed by atoms with Gasteiger partial charge in [-0.25, -0.2) is 0 Å². The summed E-state index contributed by atoms with van der Waals surface area (Å²) in [5.74, 6) is 0. The molecule has 0 spiro atoms. The van der Waals surface area contributed by atoms with Gasteiger partial charge in [0.1, 0.15) is 6.61 Å². The summed E-state index contributed by atoms with van der Waals surface area (Å²) >= 11 is 7.06. The van der Waals surface area contributed by atoms with Crippen LogP contribution in [-0.4, -0.2) is 26.4 Å². The smallest absolute Gasteiger partial charge is 0.370 e. The van der Waals surface area contributed by atoms with E-state index in [1.807, 2.05) is 0 Å². The van der Waals surface area contributed by atoms with Crippen molar-refractivity contribution in [2.45, 2.75) is 12.2 Å². The predicted octanol–water partition coefficient (Wildman–Crippen LogP) is 3.24. The van der Waals surface area contributed by atoms with E-state index in [0.717, 1.165) is 4.88 Å². The van der Waals surface area contributed by atoms with Crippen LogP contribution in [0.5, 0.6) is 0 Å². The molecule has 0 aliphatic rings. The van der Waals surface area contributed by atoms with Crippen LogP contribution in [-0.2, 0) is 4.74 Å². The lowest BCUT2D eigenvalue weighted by Gasteiger charge is -2.15. The SMILES string of the molecule is CNC(COCC(F)(F)F)c1ccc(Cl)s1. The molecule has 0 aliphatic carbocycles. The molecule has 1 N–H and O–H groups in total. The van der Waals surface area contributed by atoms with Crippen LogP contribution in [0.4, 0.5) is 13.2 Å². The minimum Gasteiger partial charge on any atom is -0.370 e. The highest BCUT2D eigenvalue weighted by Gasteiger charge is 2.28. The van der Waals surface area contributed by atoms with Crippen molar-refractivity contribution < 1.29 is 17.9 Å². The van der Waals surface area contributed by atoms with Crippen molar-refractivity contribution in [2.75, 3.05) is 20.3 Å². The quantitative estimate of drug-likeness (QED) is 0.889. The number of alkyl halides is 3. The van der Waals surface area contributed by atoms with Crippen LogP contribution >= 0.6 is 22.9 Å². The molecule has 7 heteroatoms. The van der Waals surface area contributed by atoms with Crippen LogP contribution in [0.25, 0.3) is 0 Å². The first-order chi connectivity index (χ1) is 7.42. The second-order valence-corrected chi connectivity index (χ2v) is 4.86. The molecule has 92 valence electrons. The van der Waals surface area contributed by atoms with E-state index in [0.29, 0.717) is 4.34 Å². The normalized spacial score (nSPS) is 14.1. The number of nitrogens with one attached hydrogen (secondary N) is 1. The Kier molecular flexibility index (Phi) is 5.04. The molecular formula is C9H11ClF3NOS. The maximum Gasteiger partial charge on any atom is 0.411 e. The first-order valence-corrected chi connectivity index (χ1v) is 5.69. The molecule has 0 amide bonds. The van der Waals surface area contributed by atoms with Crippen LogP contribution in [0.1, 0.15) is 10.9 Å². The van der Waals surface area contributed by atoms with Gasteiger partial charge in [-0.15, -0.1) is 11.3 Å². The topological polar surface area (TPSA) is 21.3 Å². The zero-order valence-electron chi connectivity index (χ0n) is 8.47. The summed E-state index contributed by atoms with van der Waals surface area (Å²) in [6, 6.07) is 3.21. The maximum absolute atomic E-state index is 11.9. The average molecular weight is 274 g/mol. The van der Waals surface area contributed by atoms with Crippen molar-refractivity contribution in [3.05, 3.63) is 21.3 Å². The largest absolute Gasteiger partial charge is 0.411 e. The van der Waals surface area contributed by atoms with Crippen molar-refractivity contribution >= 4 is 22.9 Å². The lowest BCUT2D eigenvalue weighted by molar-refractivity contribution is -0.175. The summed E-state index contributed by atoms with van der Waals surface area (Å²) in [6.07, 6.45) is -4.29. The van der Waals surface area contributed by atoms with Gasteiger partial charge in [-0.2, -0.15) is 13.2 Å². The molecule has 1 aromatic rings. The van der Waals surface area contributed by atoms with Crippen LogP contribution in [0.2, 0.25) is 4.34 Å². The number of hydrogen-bond donors (Lipinski definition) is 1. The summed E-state index contributed by atoms with van der Waals surface area (Å²) < 4.78 is 40.8. The summed E-state index contributed by atoms with van der Waals surface area (Å²) in [6.45, 7) is -1.27. The minimum absolute atomic E-state index is 0.0349. The number of ether oxygens (including phenoxy) is 1. The van der Waals surface area contributed by atoms with E-state index in [1.165, 1.54) is 11.3 Å². The Labute approximate surface area is 100 Å². The molecule has 0 radical (unpaired) electrons. The van der Waals surface area contributed by atoms with E-state index in [-0.39, 0.29) is 12.6 Å². The summed E-state index contributed by atoms with van der Waals surface area (Å²) in [5, 5.41) is 2.88. The van der Waals surface area contributed by atoms with E-state index in [9.17, 15) is 13.2 Å². The molecule has 0 bridgehead atoms. The van der Waals surface area contributed by atoms with Gasteiger partial charge in [-0.05, 0) is 19.2 Å².